The Morgan fingerprint density at radius 3 is 2.95 bits per heavy atom. The van der Waals surface area contributed by atoms with Crippen LogP contribution in [0.2, 0.25) is 0 Å². The van der Waals surface area contributed by atoms with E-state index in [1.807, 2.05) is 7.05 Å². The lowest BCUT2D eigenvalue weighted by Crippen LogP contribution is -2.10. The number of aromatic nitrogens is 3. The van der Waals surface area contributed by atoms with E-state index in [1.165, 1.54) is 36.0 Å². The molecule has 0 bridgehead atoms. The summed E-state index contributed by atoms with van der Waals surface area (Å²) in [6, 6.07) is 8.76. The topological polar surface area (TPSA) is 56.7 Å². The molecule has 2 heterocycles. The summed E-state index contributed by atoms with van der Waals surface area (Å²) in [5, 5.41) is 0. The van der Waals surface area contributed by atoms with E-state index in [2.05, 4.69) is 45.0 Å². The smallest absolute Gasteiger partial charge is 0.151 e. The lowest BCUT2D eigenvalue weighted by Gasteiger charge is -2.25. The third kappa shape index (κ3) is 1.82. The van der Waals surface area contributed by atoms with E-state index in [9.17, 15) is 0 Å². The van der Waals surface area contributed by atoms with Crippen LogP contribution in [0.25, 0.3) is 11.0 Å². The number of anilines is 1. The van der Waals surface area contributed by atoms with Crippen molar-refractivity contribution in [1.29, 1.82) is 0 Å². The van der Waals surface area contributed by atoms with Gasteiger partial charge in [0.15, 0.2) is 5.82 Å². The molecule has 21 heavy (non-hydrogen) atoms. The molecule has 2 aromatic heterocycles. The van der Waals surface area contributed by atoms with Gasteiger partial charge in [0.05, 0.1) is 5.52 Å². The molecule has 0 amide bonds. The Morgan fingerprint density at radius 1 is 1.19 bits per heavy atom. The Balaban J connectivity index is 1.95. The monoisotopic (exact) mass is 278 g/mol. The number of hydrogen-bond donors (Lipinski definition) is 1. The van der Waals surface area contributed by atoms with Crippen molar-refractivity contribution >= 4 is 16.9 Å². The van der Waals surface area contributed by atoms with E-state index in [-0.39, 0.29) is 0 Å². The maximum absolute atomic E-state index is 6.02. The first kappa shape index (κ1) is 12.4. The molecule has 3 aromatic rings. The summed E-state index contributed by atoms with van der Waals surface area (Å²) in [4.78, 5) is 8.62. The summed E-state index contributed by atoms with van der Waals surface area (Å²) in [6.07, 6.45) is 7.30. The van der Waals surface area contributed by atoms with E-state index in [1.54, 1.807) is 6.33 Å². The summed E-state index contributed by atoms with van der Waals surface area (Å²) >= 11 is 0. The Bertz CT molecular complexity index is 819. The second-order valence-electron chi connectivity index (χ2n) is 5.80. The molecule has 0 radical (unpaired) electrons. The van der Waals surface area contributed by atoms with Crippen LogP contribution in [0.1, 0.15) is 35.4 Å². The minimum absolute atomic E-state index is 0.410. The average Bonchev–Trinajstić information content (AvgIpc) is 2.85. The summed E-state index contributed by atoms with van der Waals surface area (Å²) in [5.74, 6) is 0.964. The fourth-order valence-electron chi connectivity index (χ4n) is 3.62. The molecule has 0 saturated heterocycles. The van der Waals surface area contributed by atoms with Gasteiger partial charge in [-0.05, 0) is 30.4 Å². The van der Waals surface area contributed by atoms with Crippen LogP contribution in [-0.4, -0.2) is 14.5 Å². The molecule has 4 heteroatoms. The Hall–Kier alpha value is -2.36. The Kier molecular flexibility index (Phi) is 2.70. The van der Waals surface area contributed by atoms with Gasteiger partial charge in [-0.2, -0.15) is 0 Å². The number of aryl methyl sites for hydroxylation is 2. The standard InChI is InChI=1S/C17H18N4/c1-21-9-14(15-16(21)17(18)20-10-19-15)13-8-4-6-11-5-2-3-7-12(11)13/h2-3,5,7,9-10,13H,4,6,8H2,1H3,(H2,18,19,20). The highest BCUT2D eigenvalue weighted by molar-refractivity contribution is 5.88. The first-order valence-electron chi connectivity index (χ1n) is 7.39. The van der Waals surface area contributed by atoms with Gasteiger partial charge in [0.2, 0.25) is 0 Å². The lowest BCUT2D eigenvalue weighted by molar-refractivity contribution is 0.617. The Labute approximate surface area is 123 Å². The number of fused-ring (bicyclic) bond motifs is 2. The van der Waals surface area contributed by atoms with Crippen molar-refractivity contribution in [1.82, 2.24) is 14.5 Å². The van der Waals surface area contributed by atoms with Gasteiger partial charge in [-0.1, -0.05) is 24.3 Å². The fourth-order valence-corrected chi connectivity index (χ4v) is 3.62. The molecule has 0 saturated carbocycles. The maximum Gasteiger partial charge on any atom is 0.151 e. The molecule has 4 rings (SSSR count). The van der Waals surface area contributed by atoms with Crippen molar-refractivity contribution in [2.75, 3.05) is 5.73 Å². The molecular formula is C17H18N4. The third-order valence-corrected chi connectivity index (χ3v) is 4.55. The summed E-state index contributed by atoms with van der Waals surface area (Å²) in [5.41, 5.74) is 12.1. The number of hydrogen-bond acceptors (Lipinski definition) is 3. The minimum Gasteiger partial charge on any atom is -0.382 e. The van der Waals surface area contributed by atoms with Crippen LogP contribution in [0.3, 0.4) is 0 Å². The van der Waals surface area contributed by atoms with Crippen LogP contribution in [0.15, 0.2) is 36.8 Å². The van der Waals surface area contributed by atoms with Gasteiger partial charge in [-0.3, -0.25) is 0 Å². The highest BCUT2D eigenvalue weighted by Gasteiger charge is 2.25. The maximum atomic E-state index is 6.02. The predicted molar refractivity (Wildman–Crippen MR) is 84.1 cm³/mol. The second kappa shape index (κ2) is 4.58. The van der Waals surface area contributed by atoms with Crippen LogP contribution >= 0.6 is 0 Å². The number of nitrogens with zero attached hydrogens (tertiary/aromatic N) is 3. The first-order chi connectivity index (χ1) is 10.3. The zero-order valence-electron chi connectivity index (χ0n) is 12.1. The molecule has 0 fully saturated rings. The second-order valence-corrected chi connectivity index (χ2v) is 5.80. The molecule has 4 nitrogen and oxygen atoms in total. The van der Waals surface area contributed by atoms with Crippen molar-refractivity contribution in [2.24, 2.45) is 7.05 Å². The molecule has 2 N–H and O–H groups in total. The molecule has 106 valence electrons. The van der Waals surface area contributed by atoms with Gasteiger partial charge in [0.1, 0.15) is 11.8 Å². The van der Waals surface area contributed by atoms with Crippen LogP contribution in [0.5, 0.6) is 0 Å². The quantitative estimate of drug-likeness (QED) is 0.744. The molecular weight excluding hydrogens is 260 g/mol. The molecule has 1 aromatic carbocycles. The lowest BCUT2D eigenvalue weighted by atomic mass is 9.79. The number of rotatable bonds is 1. The van der Waals surface area contributed by atoms with E-state index in [0.29, 0.717) is 11.7 Å². The zero-order chi connectivity index (χ0) is 14.4. The van der Waals surface area contributed by atoms with Crippen LogP contribution in [-0.2, 0) is 13.5 Å². The summed E-state index contributed by atoms with van der Waals surface area (Å²) in [6.45, 7) is 0. The van der Waals surface area contributed by atoms with E-state index < -0.39 is 0 Å². The highest BCUT2D eigenvalue weighted by atomic mass is 15.0. The number of nitrogens with two attached hydrogens (primary N) is 1. The molecule has 1 aliphatic carbocycles. The van der Waals surface area contributed by atoms with Crippen molar-refractivity contribution in [3.05, 3.63) is 53.5 Å². The van der Waals surface area contributed by atoms with Crippen LogP contribution in [0.4, 0.5) is 5.82 Å². The van der Waals surface area contributed by atoms with Crippen molar-refractivity contribution < 1.29 is 0 Å². The van der Waals surface area contributed by atoms with Crippen LogP contribution in [0, 0.1) is 0 Å². The van der Waals surface area contributed by atoms with Crippen molar-refractivity contribution in [3.63, 3.8) is 0 Å². The van der Waals surface area contributed by atoms with Crippen LogP contribution < -0.4 is 5.73 Å². The number of nitrogen functional groups attached to an aromatic ring is 1. The third-order valence-electron chi connectivity index (χ3n) is 4.55. The van der Waals surface area contributed by atoms with Crippen molar-refractivity contribution in [2.45, 2.75) is 25.2 Å². The van der Waals surface area contributed by atoms with E-state index in [4.69, 9.17) is 5.73 Å². The molecule has 0 spiro atoms. The van der Waals surface area contributed by atoms with Gasteiger partial charge in [0.25, 0.3) is 0 Å². The van der Waals surface area contributed by atoms with Crippen molar-refractivity contribution in [3.8, 4) is 0 Å². The predicted octanol–water partition coefficient (Wildman–Crippen LogP) is 3.02. The Morgan fingerprint density at radius 2 is 2.05 bits per heavy atom. The SMILES string of the molecule is Cn1cc(C2CCCc3ccccc32)c2ncnc(N)c21. The largest absolute Gasteiger partial charge is 0.382 e. The molecule has 1 atom stereocenters. The highest BCUT2D eigenvalue weighted by Crippen LogP contribution is 2.39. The number of benzene rings is 1. The molecule has 1 aliphatic rings. The molecule has 1 unspecified atom stereocenters. The summed E-state index contributed by atoms with van der Waals surface area (Å²) in [7, 11) is 2.01. The van der Waals surface area contributed by atoms with Gasteiger partial charge < -0.3 is 10.3 Å². The first-order valence-corrected chi connectivity index (χ1v) is 7.39. The molecule has 0 aliphatic heterocycles. The van der Waals surface area contributed by atoms with Gasteiger partial charge in [0, 0.05) is 24.7 Å². The minimum atomic E-state index is 0.410. The van der Waals surface area contributed by atoms with E-state index in [0.717, 1.165) is 11.0 Å². The fraction of sp³-hybridized carbons (Fsp3) is 0.294. The van der Waals surface area contributed by atoms with Gasteiger partial charge in [-0.15, -0.1) is 0 Å². The summed E-state index contributed by atoms with van der Waals surface area (Å²) < 4.78 is 2.05. The normalized spacial score (nSPS) is 17.9. The zero-order valence-corrected chi connectivity index (χ0v) is 12.1. The van der Waals surface area contributed by atoms with E-state index >= 15 is 0 Å². The van der Waals surface area contributed by atoms with Gasteiger partial charge >= 0.3 is 0 Å². The van der Waals surface area contributed by atoms with Gasteiger partial charge in [-0.25, -0.2) is 9.97 Å². The average molecular weight is 278 g/mol.